The molecule has 25 heavy (non-hydrogen) atoms. The molecule has 0 saturated heterocycles. The van der Waals surface area contributed by atoms with Crippen molar-refractivity contribution in [2.75, 3.05) is 11.4 Å². The van der Waals surface area contributed by atoms with Gasteiger partial charge in [-0.25, -0.2) is 0 Å². The summed E-state index contributed by atoms with van der Waals surface area (Å²) in [5, 5.41) is 0. The predicted octanol–water partition coefficient (Wildman–Crippen LogP) is 4.66. The minimum atomic E-state index is -0.314. The second kappa shape index (κ2) is 7.31. The molecule has 2 aromatic carbocycles. The molecule has 0 fully saturated rings. The summed E-state index contributed by atoms with van der Waals surface area (Å²) in [7, 11) is 0. The number of carbonyl (C=O) groups excluding carboxylic acids is 2. The SMILES string of the molecule is CCCN1C(=NC(=O)c2cccc(C(C)=O)c2)Cc2ccc(Br)cc21. The van der Waals surface area contributed by atoms with Gasteiger partial charge in [0.25, 0.3) is 5.91 Å². The summed E-state index contributed by atoms with van der Waals surface area (Å²) in [6, 6.07) is 12.9. The second-order valence-electron chi connectivity index (χ2n) is 6.07. The standard InChI is InChI=1S/C20H19BrN2O2/c1-3-9-23-18-12-17(21)8-7-15(18)11-19(23)22-20(25)16-6-4-5-14(10-16)13(2)24/h4-8,10,12H,3,9,11H2,1-2H3. The highest BCUT2D eigenvalue weighted by Gasteiger charge is 2.26. The number of fused-ring (bicyclic) bond motifs is 1. The number of hydrogen-bond acceptors (Lipinski definition) is 2. The van der Waals surface area contributed by atoms with Gasteiger partial charge in [-0.1, -0.05) is 41.1 Å². The van der Waals surface area contributed by atoms with Crippen LogP contribution in [0.1, 0.15) is 46.5 Å². The van der Waals surface area contributed by atoms with Gasteiger partial charge in [0.05, 0.1) is 0 Å². The van der Waals surface area contributed by atoms with E-state index < -0.39 is 0 Å². The van der Waals surface area contributed by atoms with E-state index in [1.807, 2.05) is 6.07 Å². The van der Waals surface area contributed by atoms with Gasteiger partial charge in [-0.2, -0.15) is 4.99 Å². The first kappa shape index (κ1) is 17.5. The van der Waals surface area contributed by atoms with E-state index in [0.29, 0.717) is 17.5 Å². The lowest BCUT2D eigenvalue weighted by molar-refractivity contribution is 0.100. The van der Waals surface area contributed by atoms with Crippen molar-refractivity contribution in [3.63, 3.8) is 0 Å². The summed E-state index contributed by atoms with van der Waals surface area (Å²) in [6.45, 7) is 4.40. The molecule has 0 aliphatic carbocycles. The summed E-state index contributed by atoms with van der Waals surface area (Å²) in [5.41, 5.74) is 3.23. The summed E-state index contributed by atoms with van der Waals surface area (Å²) in [5.74, 6) is 0.382. The maximum Gasteiger partial charge on any atom is 0.278 e. The molecular formula is C20H19BrN2O2. The lowest BCUT2D eigenvalue weighted by Crippen LogP contribution is -2.28. The maximum atomic E-state index is 12.6. The topological polar surface area (TPSA) is 49.7 Å². The fourth-order valence-electron chi connectivity index (χ4n) is 2.97. The number of carbonyl (C=O) groups is 2. The van der Waals surface area contributed by atoms with Crippen LogP contribution in [0.25, 0.3) is 0 Å². The summed E-state index contributed by atoms with van der Waals surface area (Å²) in [6.07, 6.45) is 1.60. The van der Waals surface area contributed by atoms with Gasteiger partial charge in [0.15, 0.2) is 5.78 Å². The Morgan fingerprint density at radius 3 is 2.64 bits per heavy atom. The molecule has 5 heteroatoms. The fourth-order valence-corrected chi connectivity index (χ4v) is 3.32. The molecule has 3 rings (SSSR count). The molecule has 2 aromatic rings. The van der Waals surface area contributed by atoms with Crippen LogP contribution in [-0.4, -0.2) is 24.1 Å². The van der Waals surface area contributed by atoms with Crippen LogP contribution >= 0.6 is 15.9 Å². The number of ketones is 1. The first-order valence-corrected chi connectivity index (χ1v) is 9.07. The third-order valence-corrected chi connectivity index (χ3v) is 4.69. The smallest absolute Gasteiger partial charge is 0.278 e. The number of amidine groups is 1. The third-order valence-electron chi connectivity index (χ3n) is 4.19. The van der Waals surface area contributed by atoms with Gasteiger partial charge in [-0.15, -0.1) is 0 Å². The summed E-state index contributed by atoms with van der Waals surface area (Å²) in [4.78, 5) is 30.6. The zero-order chi connectivity index (χ0) is 18.0. The molecule has 0 saturated carbocycles. The quantitative estimate of drug-likeness (QED) is 0.703. The van der Waals surface area contributed by atoms with E-state index in [0.717, 1.165) is 29.0 Å². The fraction of sp³-hybridized carbons (Fsp3) is 0.250. The lowest BCUT2D eigenvalue weighted by atomic mass is 10.1. The maximum absolute atomic E-state index is 12.6. The van der Waals surface area contributed by atoms with Crippen LogP contribution in [0.5, 0.6) is 0 Å². The van der Waals surface area contributed by atoms with Crippen LogP contribution in [0, 0.1) is 0 Å². The van der Waals surface area contributed by atoms with E-state index in [1.54, 1.807) is 24.3 Å². The molecule has 0 spiro atoms. The van der Waals surface area contributed by atoms with Crippen molar-refractivity contribution >= 4 is 39.1 Å². The molecule has 1 aliphatic heterocycles. The number of nitrogens with zero attached hydrogens (tertiary/aromatic N) is 2. The van der Waals surface area contributed by atoms with Gasteiger partial charge in [0, 0.05) is 34.3 Å². The minimum absolute atomic E-state index is 0.0620. The zero-order valence-electron chi connectivity index (χ0n) is 14.3. The first-order chi connectivity index (χ1) is 12.0. The van der Waals surface area contributed by atoms with Crippen LogP contribution in [0.4, 0.5) is 5.69 Å². The van der Waals surface area contributed by atoms with E-state index in [9.17, 15) is 9.59 Å². The Balaban J connectivity index is 1.93. The van der Waals surface area contributed by atoms with Crippen LogP contribution in [-0.2, 0) is 6.42 Å². The largest absolute Gasteiger partial charge is 0.329 e. The Morgan fingerprint density at radius 2 is 1.92 bits per heavy atom. The Labute approximate surface area is 155 Å². The van der Waals surface area contributed by atoms with Crippen molar-refractivity contribution in [1.29, 1.82) is 0 Å². The van der Waals surface area contributed by atoms with Gasteiger partial charge in [0.2, 0.25) is 0 Å². The molecule has 0 bridgehead atoms. The number of aliphatic imine (C=N–C) groups is 1. The van der Waals surface area contributed by atoms with Crippen molar-refractivity contribution in [1.82, 2.24) is 0 Å². The molecule has 1 aliphatic rings. The van der Waals surface area contributed by atoms with Gasteiger partial charge in [-0.05, 0) is 43.2 Å². The van der Waals surface area contributed by atoms with Gasteiger partial charge < -0.3 is 4.90 Å². The van der Waals surface area contributed by atoms with Crippen LogP contribution in [0.15, 0.2) is 51.9 Å². The first-order valence-electron chi connectivity index (χ1n) is 8.28. The van der Waals surface area contributed by atoms with E-state index in [-0.39, 0.29) is 11.7 Å². The number of amides is 1. The summed E-state index contributed by atoms with van der Waals surface area (Å²) < 4.78 is 1.01. The Bertz CT molecular complexity index is 874. The molecular weight excluding hydrogens is 380 g/mol. The van der Waals surface area contributed by atoms with Gasteiger partial charge in [0.1, 0.15) is 5.84 Å². The molecule has 1 heterocycles. The van der Waals surface area contributed by atoms with Crippen LogP contribution in [0.2, 0.25) is 0 Å². The number of halogens is 1. The van der Waals surface area contributed by atoms with Crippen molar-refractivity contribution < 1.29 is 9.59 Å². The highest BCUT2D eigenvalue weighted by atomic mass is 79.9. The van der Waals surface area contributed by atoms with Crippen molar-refractivity contribution in [3.05, 3.63) is 63.6 Å². The highest BCUT2D eigenvalue weighted by molar-refractivity contribution is 9.10. The summed E-state index contributed by atoms with van der Waals surface area (Å²) >= 11 is 3.51. The molecule has 0 atom stereocenters. The average molecular weight is 399 g/mol. The number of anilines is 1. The van der Waals surface area contributed by atoms with Gasteiger partial charge >= 0.3 is 0 Å². The van der Waals surface area contributed by atoms with E-state index in [2.05, 4.69) is 44.9 Å². The number of rotatable bonds is 4. The van der Waals surface area contributed by atoms with E-state index in [4.69, 9.17) is 0 Å². The number of hydrogen-bond donors (Lipinski definition) is 0. The van der Waals surface area contributed by atoms with E-state index >= 15 is 0 Å². The Kier molecular flexibility index (Phi) is 5.13. The molecule has 0 unspecified atom stereocenters. The molecule has 1 amide bonds. The molecule has 0 N–H and O–H groups in total. The van der Waals surface area contributed by atoms with Crippen molar-refractivity contribution in [2.24, 2.45) is 4.99 Å². The van der Waals surface area contributed by atoms with Crippen LogP contribution < -0.4 is 4.90 Å². The Morgan fingerprint density at radius 1 is 1.16 bits per heavy atom. The minimum Gasteiger partial charge on any atom is -0.329 e. The molecule has 4 nitrogen and oxygen atoms in total. The molecule has 0 radical (unpaired) electrons. The normalized spacial score (nSPS) is 14.7. The van der Waals surface area contributed by atoms with Gasteiger partial charge in [-0.3, -0.25) is 9.59 Å². The number of benzene rings is 2. The predicted molar refractivity (Wildman–Crippen MR) is 104 cm³/mol. The van der Waals surface area contributed by atoms with Crippen molar-refractivity contribution in [2.45, 2.75) is 26.7 Å². The molecule has 128 valence electrons. The van der Waals surface area contributed by atoms with E-state index in [1.165, 1.54) is 12.5 Å². The van der Waals surface area contributed by atoms with Crippen LogP contribution in [0.3, 0.4) is 0 Å². The average Bonchev–Trinajstić information content (AvgIpc) is 2.92. The number of Topliss-reactive ketones (excluding diaryl/α,β-unsaturated/α-hetero) is 1. The van der Waals surface area contributed by atoms with Crippen molar-refractivity contribution in [3.8, 4) is 0 Å². The highest BCUT2D eigenvalue weighted by Crippen LogP contribution is 2.32. The monoisotopic (exact) mass is 398 g/mol. The Hall–Kier alpha value is -2.27. The zero-order valence-corrected chi connectivity index (χ0v) is 15.8. The second-order valence-corrected chi connectivity index (χ2v) is 6.99. The molecule has 0 aromatic heterocycles. The third kappa shape index (κ3) is 3.71. The lowest BCUT2D eigenvalue weighted by Gasteiger charge is -2.19.